The maximum atomic E-state index is 12.6. The van der Waals surface area contributed by atoms with Gasteiger partial charge in [-0.25, -0.2) is 4.79 Å². The Kier molecular flexibility index (Phi) is 4.74. The lowest BCUT2D eigenvalue weighted by Crippen LogP contribution is -2.42. The van der Waals surface area contributed by atoms with Gasteiger partial charge in [-0.1, -0.05) is 25.1 Å². The zero-order valence-corrected chi connectivity index (χ0v) is 14.1. The van der Waals surface area contributed by atoms with Crippen molar-refractivity contribution in [3.8, 4) is 0 Å². The first-order valence-electron chi connectivity index (χ1n) is 8.48. The van der Waals surface area contributed by atoms with Crippen molar-refractivity contribution in [1.82, 2.24) is 15.5 Å². The number of aryl methyl sites for hydroxylation is 1. The number of furan rings is 1. The van der Waals surface area contributed by atoms with Gasteiger partial charge in [0.25, 0.3) is 5.91 Å². The van der Waals surface area contributed by atoms with Gasteiger partial charge < -0.3 is 20.0 Å². The number of benzene rings is 1. The van der Waals surface area contributed by atoms with E-state index in [-0.39, 0.29) is 18.0 Å². The second-order valence-electron chi connectivity index (χ2n) is 6.00. The Morgan fingerprint density at radius 2 is 2.08 bits per heavy atom. The van der Waals surface area contributed by atoms with Crippen molar-refractivity contribution >= 4 is 22.9 Å². The molecule has 2 N–H and O–H groups in total. The average molecular weight is 329 g/mol. The molecule has 2 heterocycles. The van der Waals surface area contributed by atoms with Crippen LogP contribution in [-0.2, 0) is 6.42 Å². The minimum atomic E-state index is -0.203. The predicted molar refractivity (Wildman–Crippen MR) is 92.1 cm³/mol. The molecular formula is C18H23N3O3. The summed E-state index contributed by atoms with van der Waals surface area (Å²) in [5, 5.41) is 6.77. The lowest BCUT2D eigenvalue weighted by atomic mass is 10.1. The Balaban J connectivity index is 1.71. The Bertz CT molecular complexity index is 753. The van der Waals surface area contributed by atoms with Gasteiger partial charge in [0.1, 0.15) is 5.58 Å². The summed E-state index contributed by atoms with van der Waals surface area (Å²) < 4.78 is 5.77. The minimum absolute atomic E-state index is 0.0435. The maximum Gasteiger partial charge on any atom is 0.317 e. The summed E-state index contributed by atoms with van der Waals surface area (Å²) in [5.41, 5.74) is 1.66. The van der Waals surface area contributed by atoms with E-state index in [1.165, 1.54) is 0 Å². The van der Waals surface area contributed by atoms with Crippen LogP contribution in [0.25, 0.3) is 11.0 Å². The van der Waals surface area contributed by atoms with E-state index in [0.29, 0.717) is 25.4 Å². The van der Waals surface area contributed by atoms with E-state index in [1.807, 2.05) is 38.1 Å². The van der Waals surface area contributed by atoms with Crippen LogP contribution >= 0.6 is 0 Å². The normalized spacial score (nSPS) is 17.2. The molecule has 1 saturated heterocycles. The SMILES string of the molecule is CCNC(=O)N1CCC(NC(=O)c2oc3ccccc3c2CC)C1. The number of rotatable bonds is 4. The fraction of sp³-hybridized carbons (Fsp3) is 0.444. The number of nitrogens with zero attached hydrogens (tertiary/aromatic N) is 1. The first kappa shape index (κ1) is 16.4. The van der Waals surface area contributed by atoms with E-state index >= 15 is 0 Å². The van der Waals surface area contributed by atoms with Crippen molar-refractivity contribution in [3.63, 3.8) is 0 Å². The number of fused-ring (bicyclic) bond motifs is 1. The molecule has 0 spiro atoms. The molecule has 1 atom stereocenters. The Hall–Kier alpha value is -2.50. The third-order valence-electron chi connectivity index (χ3n) is 4.40. The second-order valence-corrected chi connectivity index (χ2v) is 6.00. The Labute approximate surface area is 141 Å². The molecule has 6 heteroatoms. The summed E-state index contributed by atoms with van der Waals surface area (Å²) in [6.45, 7) is 5.68. The number of para-hydroxylation sites is 1. The van der Waals surface area contributed by atoms with Crippen molar-refractivity contribution in [3.05, 3.63) is 35.6 Å². The zero-order valence-electron chi connectivity index (χ0n) is 14.1. The molecule has 1 aromatic heterocycles. The predicted octanol–water partition coefficient (Wildman–Crippen LogP) is 2.53. The van der Waals surface area contributed by atoms with Crippen LogP contribution in [0.15, 0.2) is 28.7 Å². The van der Waals surface area contributed by atoms with Gasteiger partial charge in [0, 0.05) is 36.6 Å². The van der Waals surface area contributed by atoms with Crippen LogP contribution in [0.5, 0.6) is 0 Å². The highest BCUT2D eigenvalue weighted by Gasteiger charge is 2.29. The quantitative estimate of drug-likeness (QED) is 0.905. The number of hydrogen-bond donors (Lipinski definition) is 2. The summed E-state index contributed by atoms with van der Waals surface area (Å²) >= 11 is 0. The van der Waals surface area contributed by atoms with Crippen LogP contribution in [0.2, 0.25) is 0 Å². The standard InChI is InChI=1S/C18H23N3O3/c1-3-13-14-7-5-6-8-15(14)24-16(13)17(22)20-12-9-10-21(11-12)18(23)19-4-2/h5-8,12H,3-4,9-11H2,1-2H3,(H,19,23)(H,20,22). The van der Waals surface area contributed by atoms with Crippen molar-refractivity contribution in [2.75, 3.05) is 19.6 Å². The molecule has 0 saturated carbocycles. The number of amides is 3. The lowest BCUT2D eigenvalue weighted by molar-refractivity contribution is 0.0911. The Morgan fingerprint density at radius 1 is 1.29 bits per heavy atom. The van der Waals surface area contributed by atoms with E-state index in [2.05, 4.69) is 10.6 Å². The van der Waals surface area contributed by atoms with Crippen molar-refractivity contribution < 1.29 is 14.0 Å². The molecule has 1 aliphatic heterocycles. The van der Waals surface area contributed by atoms with Gasteiger partial charge in [0.2, 0.25) is 0 Å². The molecular weight excluding hydrogens is 306 g/mol. The average Bonchev–Trinajstić information content (AvgIpc) is 3.19. The molecule has 1 fully saturated rings. The van der Waals surface area contributed by atoms with E-state index in [4.69, 9.17) is 4.42 Å². The number of nitrogens with one attached hydrogen (secondary N) is 2. The highest BCUT2D eigenvalue weighted by atomic mass is 16.3. The molecule has 6 nitrogen and oxygen atoms in total. The molecule has 0 radical (unpaired) electrons. The molecule has 1 aromatic carbocycles. The van der Waals surface area contributed by atoms with Gasteiger partial charge >= 0.3 is 6.03 Å². The van der Waals surface area contributed by atoms with Crippen LogP contribution in [0.3, 0.4) is 0 Å². The number of likely N-dealkylation sites (tertiary alicyclic amines) is 1. The molecule has 3 amide bonds. The molecule has 1 unspecified atom stereocenters. The van der Waals surface area contributed by atoms with E-state index in [1.54, 1.807) is 4.90 Å². The van der Waals surface area contributed by atoms with Gasteiger partial charge in [0.05, 0.1) is 0 Å². The smallest absolute Gasteiger partial charge is 0.317 e. The molecule has 3 rings (SSSR count). The number of hydrogen-bond acceptors (Lipinski definition) is 3. The second kappa shape index (κ2) is 6.95. The first-order chi connectivity index (χ1) is 11.6. The summed E-state index contributed by atoms with van der Waals surface area (Å²) in [6.07, 6.45) is 1.49. The van der Waals surface area contributed by atoms with Gasteiger partial charge in [-0.05, 0) is 25.8 Å². The summed E-state index contributed by atoms with van der Waals surface area (Å²) in [7, 11) is 0. The molecule has 0 bridgehead atoms. The fourth-order valence-electron chi connectivity index (χ4n) is 3.21. The molecule has 1 aliphatic rings. The van der Waals surface area contributed by atoms with Crippen LogP contribution in [0.4, 0.5) is 4.79 Å². The van der Waals surface area contributed by atoms with E-state index in [9.17, 15) is 9.59 Å². The third-order valence-corrected chi connectivity index (χ3v) is 4.40. The van der Waals surface area contributed by atoms with Crippen molar-refractivity contribution in [2.45, 2.75) is 32.7 Å². The molecule has 2 aromatic rings. The molecule has 24 heavy (non-hydrogen) atoms. The topological polar surface area (TPSA) is 74.6 Å². The third kappa shape index (κ3) is 3.09. The number of urea groups is 1. The zero-order chi connectivity index (χ0) is 17.1. The largest absolute Gasteiger partial charge is 0.451 e. The summed E-state index contributed by atoms with van der Waals surface area (Å²) in [4.78, 5) is 26.2. The summed E-state index contributed by atoms with van der Waals surface area (Å²) in [6, 6.07) is 7.57. The van der Waals surface area contributed by atoms with Crippen molar-refractivity contribution in [1.29, 1.82) is 0 Å². The summed E-state index contributed by atoms with van der Waals surface area (Å²) in [5.74, 6) is 0.181. The van der Waals surface area contributed by atoms with Crippen LogP contribution in [-0.4, -0.2) is 42.5 Å². The minimum Gasteiger partial charge on any atom is -0.451 e. The number of carbonyl (C=O) groups excluding carboxylic acids is 2. The van der Waals surface area contributed by atoms with E-state index < -0.39 is 0 Å². The fourth-order valence-corrected chi connectivity index (χ4v) is 3.21. The van der Waals surface area contributed by atoms with Gasteiger partial charge in [-0.2, -0.15) is 0 Å². The Morgan fingerprint density at radius 3 is 2.83 bits per heavy atom. The first-order valence-corrected chi connectivity index (χ1v) is 8.48. The highest BCUT2D eigenvalue weighted by molar-refractivity contribution is 5.99. The highest BCUT2D eigenvalue weighted by Crippen LogP contribution is 2.26. The number of carbonyl (C=O) groups is 2. The van der Waals surface area contributed by atoms with Crippen LogP contribution in [0, 0.1) is 0 Å². The molecule has 128 valence electrons. The monoisotopic (exact) mass is 329 g/mol. The van der Waals surface area contributed by atoms with Crippen molar-refractivity contribution in [2.24, 2.45) is 0 Å². The van der Waals surface area contributed by atoms with E-state index in [0.717, 1.165) is 29.4 Å². The van der Waals surface area contributed by atoms with Gasteiger partial charge in [-0.15, -0.1) is 0 Å². The van der Waals surface area contributed by atoms with Gasteiger partial charge in [0.15, 0.2) is 5.76 Å². The molecule has 0 aliphatic carbocycles. The maximum absolute atomic E-state index is 12.6. The van der Waals surface area contributed by atoms with Crippen LogP contribution in [0.1, 0.15) is 36.4 Å². The van der Waals surface area contributed by atoms with Crippen LogP contribution < -0.4 is 10.6 Å². The lowest BCUT2D eigenvalue weighted by Gasteiger charge is -2.17. The van der Waals surface area contributed by atoms with Gasteiger partial charge in [-0.3, -0.25) is 4.79 Å².